The fourth-order valence-corrected chi connectivity index (χ4v) is 4.01. The summed E-state index contributed by atoms with van der Waals surface area (Å²) in [6.45, 7) is -0.552. The molecule has 1 aromatic carbocycles. The summed E-state index contributed by atoms with van der Waals surface area (Å²) < 4.78 is 28.8. The number of hydrogen-bond acceptors (Lipinski definition) is 5. The van der Waals surface area contributed by atoms with Gasteiger partial charge >= 0.3 is 11.8 Å². The molecular weight excluding hydrogens is 378 g/mol. The van der Waals surface area contributed by atoms with E-state index in [9.17, 15) is 33.3 Å². The maximum Gasteiger partial charge on any atom is 0.352 e. The monoisotopic (exact) mass is 394 g/mol. The summed E-state index contributed by atoms with van der Waals surface area (Å²) in [5.41, 5.74) is -2.14. The van der Waals surface area contributed by atoms with Gasteiger partial charge in [-0.25, -0.2) is 0 Å². The first-order valence-corrected chi connectivity index (χ1v) is 8.72. The Hall–Kier alpha value is -3.11. The minimum atomic E-state index is -3.96. The second-order valence-electron chi connectivity index (χ2n) is 7.26. The molecular formula is C17H16F2N4O5. The molecule has 1 N–H and O–H groups in total. The van der Waals surface area contributed by atoms with Crippen molar-refractivity contribution in [3.63, 3.8) is 0 Å². The van der Waals surface area contributed by atoms with Gasteiger partial charge in [0, 0.05) is 18.7 Å². The van der Waals surface area contributed by atoms with Crippen molar-refractivity contribution < 1.29 is 28.1 Å². The number of amides is 3. The van der Waals surface area contributed by atoms with Crippen molar-refractivity contribution in [3.8, 4) is 0 Å². The van der Waals surface area contributed by atoms with E-state index in [1.165, 1.54) is 4.90 Å². The number of non-ortho nitro benzene ring substituents is 1. The zero-order valence-corrected chi connectivity index (χ0v) is 14.6. The Morgan fingerprint density at radius 1 is 1.29 bits per heavy atom. The lowest BCUT2D eigenvalue weighted by Gasteiger charge is -2.52. The third kappa shape index (κ3) is 2.53. The molecule has 1 saturated carbocycles. The Morgan fingerprint density at radius 2 is 2.00 bits per heavy atom. The van der Waals surface area contributed by atoms with Crippen LogP contribution in [-0.4, -0.2) is 52.7 Å². The Balaban J connectivity index is 1.63. The zero-order chi connectivity index (χ0) is 20.3. The molecule has 0 radical (unpaired) electrons. The zero-order valence-electron chi connectivity index (χ0n) is 14.6. The quantitative estimate of drug-likeness (QED) is 0.605. The molecule has 1 saturated heterocycles. The topological polar surface area (TPSA) is 113 Å². The van der Waals surface area contributed by atoms with Crippen LogP contribution in [0.15, 0.2) is 18.2 Å². The highest BCUT2D eigenvalue weighted by Gasteiger charge is 2.55. The fourth-order valence-electron chi connectivity index (χ4n) is 4.01. The lowest BCUT2D eigenvalue weighted by atomic mass is 9.74. The third-order valence-electron chi connectivity index (χ3n) is 5.70. The van der Waals surface area contributed by atoms with Crippen LogP contribution in [0.5, 0.6) is 0 Å². The number of carbonyl (C=O) groups is 3. The number of anilines is 1. The molecule has 2 heterocycles. The summed E-state index contributed by atoms with van der Waals surface area (Å²) in [4.78, 5) is 48.9. The normalized spacial score (nSPS) is 21.9. The van der Waals surface area contributed by atoms with Gasteiger partial charge in [0.25, 0.3) is 5.69 Å². The van der Waals surface area contributed by atoms with Gasteiger partial charge in [-0.05, 0) is 25.3 Å². The number of piperazine rings is 1. The van der Waals surface area contributed by atoms with E-state index >= 15 is 0 Å². The van der Waals surface area contributed by atoms with E-state index in [1.807, 2.05) is 0 Å². The number of alkyl halides is 2. The second-order valence-corrected chi connectivity index (χ2v) is 7.26. The first-order chi connectivity index (χ1) is 13.2. The highest BCUT2D eigenvalue weighted by atomic mass is 19.3. The van der Waals surface area contributed by atoms with Crippen molar-refractivity contribution in [1.82, 2.24) is 10.2 Å². The van der Waals surface area contributed by atoms with Crippen LogP contribution >= 0.6 is 0 Å². The van der Waals surface area contributed by atoms with Crippen molar-refractivity contribution in [3.05, 3.63) is 33.9 Å². The molecule has 1 spiro atoms. The lowest BCUT2D eigenvalue weighted by Crippen LogP contribution is -2.68. The predicted molar refractivity (Wildman–Crippen MR) is 90.6 cm³/mol. The van der Waals surface area contributed by atoms with E-state index in [0.29, 0.717) is 30.4 Å². The third-order valence-corrected chi connectivity index (χ3v) is 5.70. The highest BCUT2D eigenvalue weighted by molar-refractivity contribution is 6.09. The number of hydrogen-bond donors (Lipinski definition) is 1. The van der Waals surface area contributed by atoms with Crippen LogP contribution < -0.4 is 10.2 Å². The van der Waals surface area contributed by atoms with Gasteiger partial charge in [0.05, 0.1) is 21.7 Å². The number of halogens is 2. The predicted octanol–water partition coefficient (Wildman–Crippen LogP) is 0.914. The standard InChI is InChI=1S/C17H16F2N4O5/c18-17(19)11-6-10(23(27)28)2-3-12(11)21(15(17)26)8-14(25)22-7-13(24)20-9-16(22)4-1-5-16/h2-3,6H,1,4-5,7-9H2,(H,20,24). The average Bonchev–Trinajstić information content (AvgIpc) is 2.80. The molecule has 2 aliphatic heterocycles. The molecule has 1 aliphatic carbocycles. The molecule has 9 nitrogen and oxygen atoms in total. The summed E-state index contributed by atoms with van der Waals surface area (Å²) >= 11 is 0. The van der Waals surface area contributed by atoms with Gasteiger partial charge < -0.3 is 10.2 Å². The van der Waals surface area contributed by atoms with Crippen molar-refractivity contribution in [1.29, 1.82) is 0 Å². The van der Waals surface area contributed by atoms with Crippen molar-refractivity contribution in [2.45, 2.75) is 30.7 Å². The number of nitrogens with one attached hydrogen (secondary N) is 1. The van der Waals surface area contributed by atoms with Crippen LogP contribution in [0.25, 0.3) is 0 Å². The van der Waals surface area contributed by atoms with E-state index < -0.39 is 46.0 Å². The number of fused-ring (bicyclic) bond motifs is 1. The van der Waals surface area contributed by atoms with Crippen LogP contribution in [0.4, 0.5) is 20.2 Å². The van der Waals surface area contributed by atoms with E-state index in [0.717, 1.165) is 18.6 Å². The van der Waals surface area contributed by atoms with Crippen LogP contribution in [0.2, 0.25) is 0 Å². The molecule has 0 atom stereocenters. The highest BCUT2D eigenvalue weighted by Crippen LogP contribution is 2.46. The van der Waals surface area contributed by atoms with E-state index in [1.54, 1.807) is 0 Å². The maximum absolute atomic E-state index is 14.4. The van der Waals surface area contributed by atoms with Gasteiger partial charge in [-0.1, -0.05) is 0 Å². The summed E-state index contributed by atoms with van der Waals surface area (Å²) in [6, 6.07) is 2.70. The van der Waals surface area contributed by atoms with Crippen molar-refractivity contribution in [2.24, 2.45) is 0 Å². The molecule has 4 rings (SSSR count). The fraction of sp³-hybridized carbons (Fsp3) is 0.471. The molecule has 3 amide bonds. The van der Waals surface area contributed by atoms with E-state index in [2.05, 4.69) is 5.32 Å². The Bertz CT molecular complexity index is 915. The van der Waals surface area contributed by atoms with Gasteiger partial charge in [0.1, 0.15) is 13.1 Å². The SMILES string of the molecule is O=C1CN(C(=O)CN2C(=O)C(F)(F)c3cc([N+](=O)[O-])ccc32)C2(CCC2)CN1. The minimum absolute atomic E-state index is 0.190. The second kappa shape index (κ2) is 5.94. The molecule has 0 bridgehead atoms. The smallest absolute Gasteiger partial charge is 0.352 e. The summed E-state index contributed by atoms with van der Waals surface area (Å²) in [7, 11) is 0. The minimum Gasteiger partial charge on any atom is -0.352 e. The van der Waals surface area contributed by atoms with Crippen molar-refractivity contribution >= 4 is 29.1 Å². The van der Waals surface area contributed by atoms with Crippen LogP contribution in [0.3, 0.4) is 0 Å². The van der Waals surface area contributed by atoms with Gasteiger partial charge in [-0.2, -0.15) is 8.78 Å². The Kier molecular flexibility index (Phi) is 3.88. The van der Waals surface area contributed by atoms with Crippen molar-refractivity contribution in [2.75, 3.05) is 24.5 Å². The van der Waals surface area contributed by atoms with Gasteiger partial charge in [-0.3, -0.25) is 29.4 Å². The molecule has 1 aromatic rings. The van der Waals surface area contributed by atoms with E-state index in [-0.39, 0.29) is 18.1 Å². The van der Waals surface area contributed by atoms with Gasteiger partial charge in [0.2, 0.25) is 11.8 Å². The van der Waals surface area contributed by atoms with Crippen LogP contribution in [0, 0.1) is 10.1 Å². The molecule has 3 aliphatic rings. The van der Waals surface area contributed by atoms with Gasteiger partial charge in [-0.15, -0.1) is 0 Å². The molecule has 0 aromatic heterocycles. The number of carbonyl (C=O) groups excluding carboxylic acids is 3. The maximum atomic E-state index is 14.4. The molecule has 11 heteroatoms. The summed E-state index contributed by atoms with van der Waals surface area (Å²) in [5, 5.41) is 13.6. The Morgan fingerprint density at radius 3 is 2.61 bits per heavy atom. The first kappa shape index (κ1) is 18.3. The van der Waals surface area contributed by atoms with Crippen LogP contribution in [-0.2, 0) is 20.3 Å². The van der Waals surface area contributed by atoms with Crippen LogP contribution in [0.1, 0.15) is 24.8 Å². The summed E-state index contributed by atoms with van der Waals surface area (Å²) in [5.74, 6) is -6.53. The molecule has 0 unspecified atom stereocenters. The lowest BCUT2D eigenvalue weighted by molar-refractivity contribution is -0.385. The molecule has 148 valence electrons. The van der Waals surface area contributed by atoms with Gasteiger partial charge in [0.15, 0.2) is 0 Å². The number of nitro benzene ring substituents is 1. The average molecular weight is 394 g/mol. The molecule has 28 heavy (non-hydrogen) atoms. The number of benzene rings is 1. The number of nitro groups is 1. The first-order valence-electron chi connectivity index (χ1n) is 8.72. The number of nitrogens with zero attached hydrogens (tertiary/aromatic N) is 3. The van der Waals surface area contributed by atoms with E-state index in [4.69, 9.17) is 0 Å². The molecule has 2 fully saturated rings. The summed E-state index contributed by atoms with van der Waals surface area (Å²) in [6.07, 6.45) is 2.25. The number of rotatable bonds is 3. The Labute approximate surface area is 157 Å². The largest absolute Gasteiger partial charge is 0.352 e.